The first-order chi connectivity index (χ1) is 4.72. The van der Waals surface area contributed by atoms with Gasteiger partial charge < -0.3 is 15.4 Å². The molecule has 0 aromatic carbocycles. The standard InChI is InChI=1S/C6H11NO3/c8-6(9)5-3-1-2-4-7(5)10/h5,7H,1-4H2,(H,8,9). The first-order valence-corrected chi connectivity index (χ1v) is 3.47. The van der Waals surface area contributed by atoms with Gasteiger partial charge in [0.15, 0.2) is 6.04 Å². The number of hydrogen-bond donors (Lipinski definition) is 2. The van der Waals surface area contributed by atoms with Crippen LogP contribution in [0.2, 0.25) is 0 Å². The van der Waals surface area contributed by atoms with Crippen molar-refractivity contribution in [3.63, 3.8) is 0 Å². The molecule has 0 amide bonds. The van der Waals surface area contributed by atoms with Crippen LogP contribution in [-0.4, -0.2) is 23.7 Å². The Hall–Kier alpha value is -0.610. The fraction of sp³-hybridized carbons (Fsp3) is 0.833. The highest BCUT2D eigenvalue weighted by Crippen LogP contribution is 2.02. The van der Waals surface area contributed by atoms with Gasteiger partial charge in [-0.1, -0.05) is 0 Å². The van der Waals surface area contributed by atoms with Gasteiger partial charge in [0.25, 0.3) is 0 Å². The molecule has 0 aliphatic carbocycles. The molecule has 0 bridgehead atoms. The maximum absolute atomic E-state index is 10.9. The topological polar surface area (TPSA) is 64.8 Å². The van der Waals surface area contributed by atoms with E-state index >= 15 is 0 Å². The van der Waals surface area contributed by atoms with Crippen molar-refractivity contribution >= 4 is 5.97 Å². The Morgan fingerprint density at radius 2 is 2.30 bits per heavy atom. The number of rotatable bonds is 1. The smallest absolute Gasteiger partial charge is 0.362 e. The summed E-state index contributed by atoms with van der Waals surface area (Å²) in [4.78, 5) is 10.3. The van der Waals surface area contributed by atoms with Crippen molar-refractivity contribution in [3.05, 3.63) is 5.21 Å². The third-order valence-corrected chi connectivity index (χ3v) is 1.85. The molecule has 1 heterocycles. The SMILES string of the molecule is O=C(O)C1CCCC[NH+]1[O-]. The van der Waals surface area contributed by atoms with Crippen LogP contribution in [0.5, 0.6) is 0 Å². The van der Waals surface area contributed by atoms with Crippen molar-refractivity contribution in [2.45, 2.75) is 25.3 Å². The zero-order valence-corrected chi connectivity index (χ0v) is 5.67. The van der Waals surface area contributed by atoms with E-state index < -0.39 is 12.0 Å². The summed E-state index contributed by atoms with van der Waals surface area (Å²) in [5.41, 5.74) is 0. The van der Waals surface area contributed by atoms with E-state index in [1.54, 1.807) is 0 Å². The Labute approximate surface area is 59.0 Å². The summed E-state index contributed by atoms with van der Waals surface area (Å²) < 4.78 is 0. The number of piperidine rings is 1. The van der Waals surface area contributed by atoms with Crippen LogP contribution >= 0.6 is 0 Å². The van der Waals surface area contributed by atoms with E-state index in [1.165, 1.54) is 0 Å². The minimum atomic E-state index is -0.954. The van der Waals surface area contributed by atoms with Gasteiger partial charge in [-0.3, -0.25) is 0 Å². The van der Waals surface area contributed by atoms with Gasteiger partial charge in [-0.05, 0) is 12.8 Å². The molecule has 2 unspecified atom stereocenters. The Morgan fingerprint density at radius 1 is 1.60 bits per heavy atom. The normalized spacial score (nSPS) is 33.7. The van der Waals surface area contributed by atoms with E-state index in [9.17, 15) is 10.0 Å². The lowest BCUT2D eigenvalue weighted by atomic mass is 10.1. The predicted molar refractivity (Wildman–Crippen MR) is 34.5 cm³/mol. The highest BCUT2D eigenvalue weighted by atomic mass is 16.5. The average molecular weight is 145 g/mol. The highest BCUT2D eigenvalue weighted by molar-refractivity contribution is 5.71. The van der Waals surface area contributed by atoms with E-state index in [-0.39, 0.29) is 5.06 Å². The van der Waals surface area contributed by atoms with Crippen LogP contribution in [0.4, 0.5) is 0 Å². The Kier molecular flexibility index (Phi) is 2.24. The lowest BCUT2D eigenvalue weighted by Gasteiger charge is -2.32. The monoisotopic (exact) mass is 145 g/mol. The minimum absolute atomic E-state index is 0.0984. The quantitative estimate of drug-likeness (QED) is 0.465. The molecule has 0 saturated carbocycles. The molecule has 58 valence electrons. The van der Waals surface area contributed by atoms with Gasteiger partial charge in [0.05, 0.1) is 6.54 Å². The van der Waals surface area contributed by atoms with Crippen LogP contribution < -0.4 is 5.06 Å². The van der Waals surface area contributed by atoms with Gasteiger partial charge in [0.2, 0.25) is 0 Å². The summed E-state index contributed by atoms with van der Waals surface area (Å²) >= 11 is 0. The lowest BCUT2D eigenvalue weighted by molar-refractivity contribution is -0.871. The Bertz CT molecular complexity index is 137. The van der Waals surface area contributed by atoms with E-state index in [1.807, 2.05) is 0 Å². The molecular weight excluding hydrogens is 134 g/mol. The molecule has 2 N–H and O–H groups in total. The van der Waals surface area contributed by atoms with Gasteiger partial charge in [-0.25, -0.2) is 4.79 Å². The molecule has 0 aromatic heterocycles. The molecule has 4 heteroatoms. The second-order valence-corrected chi connectivity index (χ2v) is 2.60. The molecule has 0 radical (unpaired) electrons. The number of hydrogen-bond acceptors (Lipinski definition) is 2. The zero-order chi connectivity index (χ0) is 7.56. The Morgan fingerprint density at radius 3 is 2.70 bits per heavy atom. The third-order valence-electron chi connectivity index (χ3n) is 1.85. The van der Waals surface area contributed by atoms with Crippen LogP contribution in [-0.2, 0) is 4.79 Å². The van der Waals surface area contributed by atoms with Crippen LogP contribution in [0.15, 0.2) is 0 Å². The van der Waals surface area contributed by atoms with Crippen molar-refractivity contribution < 1.29 is 15.0 Å². The largest absolute Gasteiger partial charge is 0.634 e. The highest BCUT2D eigenvalue weighted by Gasteiger charge is 2.26. The average Bonchev–Trinajstić information content (AvgIpc) is 1.88. The first kappa shape index (κ1) is 7.50. The van der Waals surface area contributed by atoms with Gasteiger partial charge in [-0.2, -0.15) is 0 Å². The second kappa shape index (κ2) is 2.98. The van der Waals surface area contributed by atoms with Gasteiger partial charge in [0.1, 0.15) is 0 Å². The number of carboxylic acids is 1. The summed E-state index contributed by atoms with van der Waals surface area (Å²) in [6.07, 6.45) is 2.28. The van der Waals surface area contributed by atoms with Crippen molar-refractivity contribution in [1.29, 1.82) is 0 Å². The second-order valence-electron chi connectivity index (χ2n) is 2.60. The fourth-order valence-electron chi connectivity index (χ4n) is 1.24. The van der Waals surface area contributed by atoms with Crippen molar-refractivity contribution in [2.75, 3.05) is 6.54 Å². The van der Waals surface area contributed by atoms with Crippen LogP contribution in [0.3, 0.4) is 0 Å². The molecule has 1 fully saturated rings. The van der Waals surface area contributed by atoms with Crippen LogP contribution in [0.1, 0.15) is 19.3 Å². The number of carboxylic acid groups (broad SMARTS) is 1. The molecule has 10 heavy (non-hydrogen) atoms. The summed E-state index contributed by atoms with van der Waals surface area (Å²) in [5.74, 6) is -0.954. The first-order valence-electron chi connectivity index (χ1n) is 3.47. The minimum Gasteiger partial charge on any atom is -0.634 e. The molecule has 1 rings (SSSR count). The number of quaternary nitrogens is 1. The summed E-state index contributed by atoms with van der Waals surface area (Å²) in [6, 6.07) is -0.700. The summed E-state index contributed by atoms with van der Waals surface area (Å²) in [7, 11) is 0. The van der Waals surface area contributed by atoms with Crippen molar-refractivity contribution in [2.24, 2.45) is 0 Å². The molecule has 1 saturated heterocycles. The van der Waals surface area contributed by atoms with E-state index in [2.05, 4.69) is 0 Å². The van der Waals surface area contributed by atoms with Gasteiger partial charge in [0, 0.05) is 6.42 Å². The molecule has 0 aromatic rings. The van der Waals surface area contributed by atoms with Crippen LogP contribution in [0.25, 0.3) is 0 Å². The van der Waals surface area contributed by atoms with E-state index in [0.717, 1.165) is 12.8 Å². The number of nitrogens with one attached hydrogen (secondary N) is 1. The van der Waals surface area contributed by atoms with E-state index in [4.69, 9.17) is 5.11 Å². The maximum atomic E-state index is 10.9. The molecule has 2 atom stereocenters. The zero-order valence-electron chi connectivity index (χ0n) is 5.67. The molecule has 4 nitrogen and oxygen atoms in total. The fourth-order valence-corrected chi connectivity index (χ4v) is 1.24. The Balaban J connectivity index is 2.47. The number of aliphatic carboxylic acids is 1. The number of carbonyl (C=O) groups is 1. The predicted octanol–water partition coefficient (Wildman–Crippen LogP) is -0.994. The molecule has 1 aliphatic rings. The van der Waals surface area contributed by atoms with Crippen LogP contribution in [0, 0.1) is 5.21 Å². The molecular formula is C6H11NO3. The lowest BCUT2D eigenvalue weighted by Crippen LogP contribution is -3.13. The molecule has 0 spiro atoms. The third kappa shape index (κ3) is 1.46. The van der Waals surface area contributed by atoms with Crippen molar-refractivity contribution in [1.82, 2.24) is 0 Å². The summed E-state index contributed by atoms with van der Waals surface area (Å²) in [6.45, 7) is 0.455. The van der Waals surface area contributed by atoms with Crippen molar-refractivity contribution in [3.8, 4) is 0 Å². The maximum Gasteiger partial charge on any atom is 0.362 e. The van der Waals surface area contributed by atoms with E-state index in [0.29, 0.717) is 13.0 Å². The van der Waals surface area contributed by atoms with Gasteiger partial charge in [-0.15, -0.1) is 0 Å². The molecule has 1 aliphatic heterocycles. The number of hydroxylamine groups is 2. The van der Waals surface area contributed by atoms with Gasteiger partial charge >= 0.3 is 5.97 Å². The summed E-state index contributed by atoms with van der Waals surface area (Å²) in [5, 5.41) is 19.2.